The van der Waals surface area contributed by atoms with E-state index >= 15 is 0 Å². The molecule has 2 aliphatic rings. The summed E-state index contributed by atoms with van der Waals surface area (Å²) >= 11 is 12.7. The van der Waals surface area contributed by atoms with Crippen LogP contribution >= 0.6 is 23.2 Å². The van der Waals surface area contributed by atoms with Crippen molar-refractivity contribution in [3.63, 3.8) is 0 Å². The average Bonchev–Trinajstić information content (AvgIpc) is 3.00. The van der Waals surface area contributed by atoms with Crippen molar-refractivity contribution in [2.75, 3.05) is 5.01 Å². The first-order valence-electron chi connectivity index (χ1n) is 8.42. The molecule has 5 nitrogen and oxygen atoms in total. The van der Waals surface area contributed by atoms with E-state index in [1.54, 1.807) is 11.1 Å². The number of allylic oxidation sites excluding steroid dienone is 1. The molecule has 3 unspecified atom stereocenters. The third-order valence-electron chi connectivity index (χ3n) is 4.94. The molecule has 2 heterocycles. The summed E-state index contributed by atoms with van der Waals surface area (Å²) in [5, 5.41) is 17.1. The average molecular weight is 399 g/mol. The Morgan fingerprint density at radius 2 is 1.89 bits per heavy atom. The molecule has 0 radical (unpaired) electrons. The van der Waals surface area contributed by atoms with Crippen molar-refractivity contribution >= 4 is 34.6 Å². The zero-order valence-corrected chi connectivity index (χ0v) is 15.9. The summed E-state index contributed by atoms with van der Waals surface area (Å²) in [7, 11) is 0. The van der Waals surface area contributed by atoms with Gasteiger partial charge in [0.2, 0.25) is 12.1 Å². The van der Waals surface area contributed by atoms with Crippen LogP contribution in [0.15, 0.2) is 65.1 Å². The topological polar surface area (TPSA) is 74.6 Å². The van der Waals surface area contributed by atoms with E-state index in [9.17, 15) is 5.26 Å². The fourth-order valence-corrected chi connectivity index (χ4v) is 4.15. The molecule has 2 aromatic carbocycles. The minimum atomic E-state index is -0.468. The third-order valence-corrected chi connectivity index (χ3v) is 5.77. The molecular weight excluding hydrogens is 383 g/mol. The van der Waals surface area contributed by atoms with E-state index in [0.29, 0.717) is 15.6 Å². The monoisotopic (exact) mass is 398 g/mol. The maximum Gasteiger partial charge on any atom is 0.202 e. The predicted octanol–water partition coefficient (Wildman–Crippen LogP) is 4.64. The molecule has 0 saturated heterocycles. The van der Waals surface area contributed by atoms with Crippen molar-refractivity contribution in [3.8, 4) is 6.07 Å². The van der Waals surface area contributed by atoms with Crippen LogP contribution < -0.4 is 10.7 Å². The van der Waals surface area contributed by atoms with E-state index in [2.05, 4.69) is 6.07 Å². The number of rotatable bonds is 2. The number of anilines is 1. The Hall–Kier alpha value is -2.68. The van der Waals surface area contributed by atoms with E-state index in [1.807, 2.05) is 49.4 Å². The molecule has 0 aromatic heterocycles. The highest BCUT2D eigenvalue weighted by Gasteiger charge is 2.49. The number of hydrazone groups is 1. The van der Waals surface area contributed by atoms with Crippen LogP contribution in [-0.4, -0.2) is 11.9 Å². The fourth-order valence-electron chi connectivity index (χ4n) is 3.73. The number of ether oxygens (including phenoxy) is 1. The Kier molecular flexibility index (Phi) is 4.47. The van der Waals surface area contributed by atoms with Gasteiger partial charge in [-0.25, -0.2) is 5.01 Å². The Labute approximate surface area is 167 Å². The van der Waals surface area contributed by atoms with Crippen molar-refractivity contribution < 1.29 is 4.74 Å². The summed E-state index contributed by atoms with van der Waals surface area (Å²) < 4.78 is 5.94. The molecular formula is C20H16Cl2N4O. The lowest BCUT2D eigenvalue weighted by Crippen LogP contribution is -2.44. The van der Waals surface area contributed by atoms with Gasteiger partial charge in [-0.3, -0.25) is 0 Å². The van der Waals surface area contributed by atoms with E-state index in [4.69, 9.17) is 38.8 Å². The van der Waals surface area contributed by atoms with Crippen molar-refractivity contribution in [2.24, 2.45) is 16.8 Å². The zero-order chi connectivity index (χ0) is 19.1. The number of para-hydroxylation sites is 1. The molecule has 0 bridgehead atoms. The number of halogens is 2. The number of nitrogens with zero attached hydrogens (tertiary/aromatic N) is 3. The molecule has 27 heavy (non-hydrogen) atoms. The lowest BCUT2D eigenvalue weighted by Gasteiger charge is -2.37. The second-order valence-electron chi connectivity index (χ2n) is 6.47. The Morgan fingerprint density at radius 1 is 1.15 bits per heavy atom. The summed E-state index contributed by atoms with van der Waals surface area (Å²) in [6, 6.07) is 17.3. The Bertz CT molecular complexity index is 997. The van der Waals surface area contributed by atoms with Gasteiger partial charge in [-0.15, -0.1) is 0 Å². The van der Waals surface area contributed by atoms with Crippen molar-refractivity contribution in [2.45, 2.75) is 19.1 Å². The van der Waals surface area contributed by atoms with Gasteiger partial charge in [-0.2, -0.15) is 10.4 Å². The lowest BCUT2D eigenvalue weighted by atomic mass is 9.76. The van der Waals surface area contributed by atoms with Crippen LogP contribution in [0.2, 0.25) is 10.0 Å². The van der Waals surface area contributed by atoms with Crippen LogP contribution in [0.3, 0.4) is 0 Å². The van der Waals surface area contributed by atoms with Gasteiger partial charge >= 0.3 is 0 Å². The summed E-state index contributed by atoms with van der Waals surface area (Å²) in [5.41, 5.74) is 8.93. The summed E-state index contributed by atoms with van der Waals surface area (Å²) in [5.74, 6) is -0.522. The van der Waals surface area contributed by atoms with Gasteiger partial charge in [-0.05, 0) is 30.7 Å². The molecule has 2 aliphatic heterocycles. The van der Waals surface area contributed by atoms with Crippen LogP contribution in [0.4, 0.5) is 5.69 Å². The maximum atomic E-state index is 9.75. The summed E-state index contributed by atoms with van der Waals surface area (Å²) in [6.07, 6.45) is -0.468. The highest BCUT2D eigenvalue weighted by Crippen LogP contribution is 2.48. The third kappa shape index (κ3) is 2.82. The Balaban J connectivity index is 1.86. The van der Waals surface area contributed by atoms with Crippen LogP contribution in [-0.2, 0) is 4.74 Å². The van der Waals surface area contributed by atoms with Crippen molar-refractivity contribution in [3.05, 3.63) is 75.6 Å². The lowest BCUT2D eigenvalue weighted by molar-refractivity contribution is 0.0662. The molecule has 3 atom stereocenters. The van der Waals surface area contributed by atoms with Gasteiger partial charge < -0.3 is 10.5 Å². The van der Waals surface area contributed by atoms with E-state index in [-0.39, 0.29) is 11.8 Å². The van der Waals surface area contributed by atoms with Crippen molar-refractivity contribution in [1.29, 1.82) is 5.26 Å². The van der Waals surface area contributed by atoms with Crippen LogP contribution in [0.1, 0.15) is 18.4 Å². The molecule has 2 N–H and O–H groups in total. The maximum absolute atomic E-state index is 9.75. The number of fused-ring (bicyclic) bond motifs is 1. The Morgan fingerprint density at radius 3 is 2.59 bits per heavy atom. The van der Waals surface area contributed by atoms with Crippen LogP contribution in [0.5, 0.6) is 0 Å². The molecule has 0 amide bonds. The van der Waals surface area contributed by atoms with Gasteiger partial charge in [0.25, 0.3) is 0 Å². The molecule has 136 valence electrons. The highest BCUT2D eigenvalue weighted by molar-refractivity contribution is 6.42. The van der Waals surface area contributed by atoms with Gasteiger partial charge in [0.1, 0.15) is 6.07 Å². The predicted molar refractivity (Wildman–Crippen MR) is 106 cm³/mol. The second kappa shape index (κ2) is 6.80. The highest BCUT2D eigenvalue weighted by atomic mass is 35.5. The molecule has 7 heteroatoms. The molecule has 2 aromatic rings. The molecule has 0 saturated carbocycles. The number of benzene rings is 2. The van der Waals surface area contributed by atoms with Gasteiger partial charge in [0, 0.05) is 11.6 Å². The summed E-state index contributed by atoms with van der Waals surface area (Å²) in [6.45, 7) is 1.92. The van der Waals surface area contributed by atoms with Gasteiger partial charge in [-0.1, -0.05) is 53.5 Å². The molecule has 0 aliphatic carbocycles. The smallest absolute Gasteiger partial charge is 0.202 e. The first-order valence-corrected chi connectivity index (χ1v) is 9.18. The first-order chi connectivity index (χ1) is 13.0. The number of hydrogen-bond donors (Lipinski definition) is 1. The standard InChI is InChI=1S/C20H16Cl2N4O/c1-11-16-17(13-8-5-9-15(21)18(13)22)14(10-23)19(24)27-20(16)26(25-11)12-6-3-2-4-7-12/h2-9,16-17,20H,24H2,1H3. The minimum Gasteiger partial charge on any atom is -0.452 e. The number of nitrogens with two attached hydrogens (primary N) is 1. The molecule has 4 rings (SSSR count). The van der Waals surface area contributed by atoms with E-state index in [1.165, 1.54) is 0 Å². The van der Waals surface area contributed by atoms with Crippen LogP contribution in [0.25, 0.3) is 0 Å². The van der Waals surface area contributed by atoms with E-state index < -0.39 is 12.1 Å². The largest absolute Gasteiger partial charge is 0.452 e. The first kappa shape index (κ1) is 17.7. The van der Waals surface area contributed by atoms with Crippen LogP contribution in [0, 0.1) is 17.2 Å². The SMILES string of the molecule is CC1=NN(c2ccccc2)C2OC(N)=C(C#N)C(c3cccc(Cl)c3Cl)C12. The van der Waals surface area contributed by atoms with Gasteiger partial charge in [0.05, 0.1) is 27.2 Å². The summed E-state index contributed by atoms with van der Waals surface area (Å²) in [4.78, 5) is 0. The fraction of sp³-hybridized carbons (Fsp3) is 0.200. The van der Waals surface area contributed by atoms with Crippen molar-refractivity contribution in [1.82, 2.24) is 0 Å². The van der Waals surface area contributed by atoms with Gasteiger partial charge in [0.15, 0.2) is 0 Å². The normalized spacial score (nSPS) is 24.1. The number of hydrogen-bond acceptors (Lipinski definition) is 5. The molecule has 0 spiro atoms. The second-order valence-corrected chi connectivity index (χ2v) is 7.25. The minimum absolute atomic E-state index is 0.0885. The molecule has 0 fully saturated rings. The number of nitriles is 1. The zero-order valence-electron chi connectivity index (χ0n) is 14.4. The van der Waals surface area contributed by atoms with E-state index in [0.717, 1.165) is 17.0 Å². The quantitative estimate of drug-likeness (QED) is 0.799.